The average Bonchev–Trinajstić information content (AvgIpc) is 3.23. The lowest BCUT2D eigenvalue weighted by molar-refractivity contribution is 0.594. The quantitative estimate of drug-likeness (QED) is 0.777. The van der Waals surface area contributed by atoms with Crippen LogP contribution in [-0.2, 0) is 16.4 Å². The van der Waals surface area contributed by atoms with E-state index in [0.717, 1.165) is 29.0 Å². The van der Waals surface area contributed by atoms with Crippen LogP contribution in [-0.4, -0.2) is 25.2 Å². The van der Waals surface area contributed by atoms with Gasteiger partial charge >= 0.3 is 0 Å². The molecule has 0 amide bonds. The number of rotatable bonds is 3. The van der Waals surface area contributed by atoms with Gasteiger partial charge in [0.25, 0.3) is 15.6 Å². The minimum atomic E-state index is -3.60. The maximum atomic E-state index is 13.0. The zero-order valence-corrected chi connectivity index (χ0v) is 14.1. The molecule has 0 bridgehead atoms. The largest absolute Gasteiger partial charge is 0.273 e. The van der Waals surface area contributed by atoms with Gasteiger partial charge in [0, 0.05) is 12.6 Å². The SMILES string of the molecule is O=c1ccc(-c2ccc(S(=O)(=O)N3CCc4ccccc43)s2)n[nH]1. The molecule has 0 saturated heterocycles. The smallest absolute Gasteiger partial charge is 0.268 e. The molecule has 0 atom stereocenters. The Morgan fingerprint density at radius 1 is 1.08 bits per heavy atom. The van der Waals surface area contributed by atoms with E-state index in [4.69, 9.17) is 0 Å². The van der Waals surface area contributed by atoms with Crippen LogP contribution in [0.1, 0.15) is 5.56 Å². The number of nitrogens with zero attached hydrogens (tertiary/aromatic N) is 2. The Morgan fingerprint density at radius 2 is 1.92 bits per heavy atom. The third-order valence-electron chi connectivity index (χ3n) is 3.90. The van der Waals surface area contributed by atoms with Crippen molar-refractivity contribution in [3.8, 4) is 10.6 Å². The zero-order valence-electron chi connectivity index (χ0n) is 12.5. The van der Waals surface area contributed by atoms with Crippen molar-refractivity contribution in [3.63, 3.8) is 0 Å². The van der Waals surface area contributed by atoms with E-state index in [-0.39, 0.29) is 9.77 Å². The van der Waals surface area contributed by atoms with Crippen LogP contribution in [0.15, 0.2) is 57.5 Å². The van der Waals surface area contributed by atoms with Crippen LogP contribution in [0.3, 0.4) is 0 Å². The van der Waals surface area contributed by atoms with Gasteiger partial charge in [0.15, 0.2) is 0 Å². The molecule has 8 heteroatoms. The fraction of sp³-hybridized carbons (Fsp3) is 0.125. The highest BCUT2D eigenvalue weighted by Gasteiger charge is 2.31. The number of H-pyrrole nitrogens is 1. The lowest BCUT2D eigenvalue weighted by Gasteiger charge is -2.18. The van der Waals surface area contributed by atoms with Gasteiger partial charge in [0.2, 0.25) is 0 Å². The first-order valence-electron chi connectivity index (χ1n) is 7.32. The number of para-hydroxylation sites is 1. The minimum absolute atomic E-state index is 0.266. The maximum Gasteiger partial charge on any atom is 0.273 e. The third kappa shape index (κ3) is 2.44. The Balaban J connectivity index is 1.72. The van der Waals surface area contributed by atoms with Gasteiger partial charge in [0.1, 0.15) is 9.90 Å². The standard InChI is InChI=1S/C16H13N3O3S2/c20-15-7-5-12(17-18-15)14-6-8-16(23-14)24(21,22)19-10-9-11-3-1-2-4-13(11)19/h1-8H,9-10H2,(H,18,20). The number of hydrogen-bond acceptors (Lipinski definition) is 5. The van der Waals surface area contributed by atoms with Crippen molar-refractivity contribution in [1.29, 1.82) is 0 Å². The van der Waals surface area contributed by atoms with Crippen molar-refractivity contribution < 1.29 is 8.42 Å². The van der Waals surface area contributed by atoms with E-state index in [9.17, 15) is 13.2 Å². The van der Waals surface area contributed by atoms with Crippen LogP contribution >= 0.6 is 11.3 Å². The molecule has 3 heterocycles. The van der Waals surface area contributed by atoms with E-state index in [1.165, 1.54) is 10.4 Å². The lowest BCUT2D eigenvalue weighted by Crippen LogP contribution is -2.28. The van der Waals surface area contributed by atoms with Crippen LogP contribution in [0, 0.1) is 0 Å². The molecule has 1 N–H and O–H groups in total. The molecule has 0 radical (unpaired) electrons. The fourth-order valence-corrected chi connectivity index (χ4v) is 5.64. The summed E-state index contributed by atoms with van der Waals surface area (Å²) in [6.07, 6.45) is 0.717. The number of anilines is 1. The van der Waals surface area contributed by atoms with Gasteiger partial charge in [-0.25, -0.2) is 13.5 Å². The summed E-state index contributed by atoms with van der Waals surface area (Å²) < 4.78 is 27.6. The van der Waals surface area contributed by atoms with Crippen molar-refractivity contribution in [2.45, 2.75) is 10.6 Å². The lowest BCUT2D eigenvalue weighted by atomic mass is 10.2. The van der Waals surface area contributed by atoms with E-state index in [1.54, 1.807) is 18.2 Å². The van der Waals surface area contributed by atoms with E-state index in [0.29, 0.717) is 17.1 Å². The molecule has 3 aromatic rings. The molecule has 1 aromatic carbocycles. The number of aromatic amines is 1. The molecule has 4 rings (SSSR count). The average molecular weight is 359 g/mol. The summed E-state index contributed by atoms with van der Waals surface area (Å²) in [5, 5.41) is 6.30. The molecular formula is C16H13N3O3S2. The summed E-state index contributed by atoms with van der Waals surface area (Å²) in [6.45, 7) is 0.450. The molecule has 6 nitrogen and oxygen atoms in total. The zero-order chi connectivity index (χ0) is 16.7. The predicted molar refractivity (Wildman–Crippen MR) is 92.8 cm³/mol. The van der Waals surface area contributed by atoms with Gasteiger partial charge in [0.05, 0.1) is 10.6 Å². The topological polar surface area (TPSA) is 83.1 Å². The first-order chi connectivity index (χ1) is 11.6. The molecule has 0 spiro atoms. The van der Waals surface area contributed by atoms with E-state index in [1.807, 2.05) is 24.3 Å². The number of nitrogens with one attached hydrogen (secondary N) is 1. The maximum absolute atomic E-state index is 13.0. The van der Waals surface area contributed by atoms with Gasteiger partial charge in [-0.3, -0.25) is 9.10 Å². The summed E-state index contributed by atoms with van der Waals surface area (Å²) in [6, 6.07) is 13.8. The Hall–Kier alpha value is -2.45. The summed E-state index contributed by atoms with van der Waals surface area (Å²) in [5.41, 5.74) is 2.04. The second-order valence-corrected chi connectivity index (χ2v) is 8.55. The number of hydrogen-bond donors (Lipinski definition) is 1. The van der Waals surface area contributed by atoms with Crippen LogP contribution in [0.25, 0.3) is 10.6 Å². The summed E-state index contributed by atoms with van der Waals surface area (Å²) in [7, 11) is -3.60. The van der Waals surface area contributed by atoms with Gasteiger partial charge in [-0.05, 0) is 36.2 Å². The third-order valence-corrected chi connectivity index (χ3v) is 7.29. The Labute approximate surface area is 142 Å². The highest BCUT2D eigenvalue weighted by molar-refractivity contribution is 7.94. The Kier molecular flexibility index (Phi) is 3.50. The summed E-state index contributed by atoms with van der Waals surface area (Å²) >= 11 is 1.15. The van der Waals surface area contributed by atoms with E-state index in [2.05, 4.69) is 10.2 Å². The Bertz CT molecular complexity index is 1050. The van der Waals surface area contributed by atoms with Crippen LogP contribution in [0.2, 0.25) is 0 Å². The van der Waals surface area contributed by atoms with Crippen molar-refractivity contribution >= 4 is 27.0 Å². The first kappa shape index (κ1) is 15.1. The van der Waals surface area contributed by atoms with Crippen molar-refractivity contribution in [1.82, 2.24) is 10.2 Å². The summed E-state index contributed by atoms with van der Waals surface area (Å²) in [5.74, 6) is 0. The van der Waals surface area contributed by atoms with E-state index < -0.39 is 10.0 Å². The molecule has 0 saturated carbocycles. The van der Waals surface area contributed by atoms with Crippen LogP contribution in [0.4, 0.5) is 5.69 Å². The van der Waals surface area contributed by atoms with Crippen molar-refractivity contribution in [2.75, 3.05) is 10.8 Å². The molecule has 2 aromatic heterocycles. The second kappa shape index (κ2) is 5.57. The molecule has 1 aliphatic heterocycles. The molecule has 122 valence electrons. The van der Waals surface area contributed by atoms with Gasteiger partial charge < -0.3 is 0 Å². The fourth-order valence-electron chi connectivity index (χ4n) is 2.74. The van der Waals surface area contributed by atoms with Crippen LogP contribution < -0.4 is 9.86 Å². The Morgan fingerprint density at radius 3 is 2.71 bits per heavy atom. The van der Waals surface area contributed by atoms with Gasteiger partial charge in [-0.2, -0.15) is 5.10 Å². The van der Waals surface area contributed by atoms with Gasteiger partial charge in [-0.1, -0.05) is 18.2 Å². The monoisotopic (exact) mass is 359 g/mol. The number of aromatic nitrogens is 2. The molecule has 24 heavy (non-hydrogen) atoms. The van der Waals surface area contributed by atoms with E-state index >= 15 is 0 Å². The number of sulfonamides is 1. The highest BCUT2D eigenvalue weighted by Crippen LogP contribution is 2.36. The number of benzene rings is 1. The first-order valence-corrected chi connectivity index (χ1v) is 9.58. The van der Waals surface area contributed by atoms with Crippen molar-refractivity contribution in [3.05, 3.63) is 64.4 Å². The number of fused-ring (bicyclic) bond motifs is 1. The molecule has 1 aliphatic rings. The summed E-state index contributed by atoms with van der Waals surface area (Å²) in [4.78, 5) is 11.8. The number of thiophene rings is 1. The molecule has 0 unspecified atom stereocenters. The molecule has 0 aliphatic carbocycles. The molecule has 0 fully saturated rings. The highest BCUT2D eigenvalue weighted by atomic mass is 32.2. The minimum Gasteiger partial charge on any atom is -0.268 e. The molecular weight excluding hydrogens is 346 g/mol. The second-order valence-electron chi connectivity index (χ2n) is 5.38. The van der Waals surface area contributed by atoms with Crippen molar-refractivity contribution in [2.24, 2.45) is 0 Å². The van der Waals surface area contributed by atoms with Crippen LogP contribution in [0.5, 0.6) is 0 Å². The van der Waals surface area contributed by atoms with Gasteiger partial charge in [-0.15, -0.1) is 11.3 Å². The normalized spacial score (nSPS) is 13.9. The predicted octanol–water partition coefficient (Wildman–Crippen LogP) is 2.25.